The van der Waals surface area contributed by atoms with Gasteiger partial charge >= 0.3 is 6.61 Å². The van der Waals surface area contributed by atoms with Gasteiger partial charge < -0.3 is 10.5 Å². The molecule has 0 spiro atoms. The van der Waals surface area contributed by atoms with Crippen LogP contribution in [0.1, 0.15) is 0 Å². The summed E-state index contributed by atoms with van der Waals surface area (Å²) in [7, 11) is 0. The van der Waals surface area contributed by atoms with Crippen molar-refractivity contribution in [3.8, 4) is 5.75 Å². The maximum atomic E-state index is 11.8. The molecule has 0 heterocycles. The Morgan fingerprint density at radius 2 is 1.92 bits per heavy atom. The van der Waals surface area contributed by atoms with Gasteiger partial charge in [0.1, 0.15) is 10.8 Å². The van der Waals surface area contributed by atoms with Gasteiger partial charge in [0.2, 0.25) is 0 Å². The Kier molecular flexibility index (Phi) is 3.17. The Bertz CT molecular complexity index is 320. The summed E-state index contributed by atoms with van der Waals surface area (Å²) < 4.78 is 27.7. The molecule has 0 aliphatic rings. The fourth-order valence-corrected chi connectivity index (χ4v) is 1.14. The summed E-state index contributed by atoms with van der Waals surface area (Å²) in [6, 6.07) is 2.52. The van der Waals surface area contributed by atoms with E-state index >= 15 is 0 Å². The van der Waals surface area contributed by atoms with Crippen LogP contribution in [-0.2, 0) is 0 Å². The molecule has 2 nitrogen and oxygen atoms in total. The lowest BCUT2D eigenvalue weighted by molar-refractivity contribution is -0.0497. The van der Waals surface area contributed by atoms with Crippen molar-refractivity contribution in [2.45, 2.75) is 6.61 Å². The Morgan fingerprint density at radius 1 is 1.31 bits per heavy atom. The Labute approximate surface area is 83.2 Å². The van der Waals surface area contributed by atoms with E-state index in [0.29, 0.717) is 0 Å². The monoisotopic (exact) mass is 227 g/mol. The molecule has 0 bridgehead atoms. The van der Waals surface area contributed by atoms with Crippen molar-refractivity contribution in [1.82, 2.24) is 0 Å². The van der Waals surface area contributed by atoms with Crippen molar-refractivity contribution in [3.05, 3.63) is 22.2 Å². The normalized spacial score (nSPS) is 10.5. The Hall–Kier alpha value is -0.740. The average Bonchev–Trinajstić information content (AvgIpc) is 1.98. The van der Waals surface area contributed by atoms with E-state index in [1.807, 2.05) is 0 Å². The van der Waals surface area contributed by atoms with Crippen LogP contribution in [0.3, 0.4) is 0 Å². The van der Waals surface area contributed by atoms with E-state index < -0.39 is 6.61 Å². The van der Waals surface area contributed by atoms with Gasteiger partial charge in [-0.05, 0) is 6.07 Å². The van der Waals surface area contributed by atoms with E-state index in [4.69, 9.17) is 28.9 Å². The van der Waals surface area contributed by atoms with Gasteiger partial charge in [0, 0.05) is 11.1 Å². The number of halogens is 4. The molecular formula is C7H5Cl2F2NO. The predicted molar refractivity (Wildman–Crippen MR) is 47.5 cm³/mol. The summed E-state index contributed by atoms with van der Waals surface area (Å²) in [5, 5.41) is 0.127. The molecule has 13 heavy (non-hydrogen) atoms. The number of benzene rings is 1. The summed E-state index contributed by atoms with van der Waals surface area (Å²) in [5.41, 5.74) is 5.46. The molecule has 72 valence electrons. The Balaban J connectivity index is 3.05. The van der Waals surface area contributed by atoms with Crippen LogP contribution in [0.15, 0.2) is 12.1 Å². The second-order valence-electron chi connectivity index (χ2n) is 2.19. The van der Waals surface area contributed by atoms with Crippen LogP contribution in [0.5, 0.6) is 5.75 Å². The van der Waals surface area contributed by atoms with Gasteiger partial charge in [-0.2, -0.15) is 8.78 Å². The lowest BCUT2D eigenvalue weighted by atomic mass is 10.3. The van der Waals surface area contributed by atoms with E-state index in [2.05, 4.69) is 4.74 Å². The smallest absolute Gasteiger partial charge is 0.387 e. The van der Waals surface area contributed by atoms with Crippen molar-refractivity contribution in [2.24, 2.45) is 0 Å². The van der Waals surface area contributed by atoms with Crippen molar-refractivity contribution >= 4 is 28.9 Å². The minimum absolute atomic E-state index is 0.0651. The summed E-state index contributed by atoms with van der Waals surface area (Å²) in [4.78, 5) is 0. The van der Waals surface area contributed by atoms with Gasteiger partial charge in [-0.15, -0.1) is 0 Å². The zero-order chi connectivity index (χ0) is 10.0. The molecule has 0 unspecified atom stereocenters. The first kappa shape index (κ1) is 10.3. The van der Waals surface area contributed by atoms with Gasteiger partial charge in [-0.25, -0.2) is 0 Å². The first-order valence-electron chi connectivity index (χ1n) is 3.20. The highest BCUT2D eigenvalue weighted by Gasteiger charge is 2.11. The van der Waals surface area contributed by atoms with E-state index in [9.17, 15) is 8.78 Å². The van der Waals surface area contributed by atoms with Crippen LogP contribution in [0.25, 0.3) is 0 Å². The van der Waals surface area contributed by atoms with Crippen LogP contribution < -0.4 is 10.5 Å². The number of alkyl halides is 2. The first-order chi connectivity index (χ1) is 6.00. The average molecular weight is 228 g/mol. The largest absolute Gasteiger partial charge is 0.433 e. The van der Waals surface area contributed by atoms with Crippen LogP contribution in [-0.4, -0.2) is 6.61 Å². The van der Waals surface area contributed by atoms with Crippen LogP contribution in [0.2, 0.25) is 10.0 Å². The van der Waals surface area contributed by atoms with Gasteiger partial charge in [0.05, 0.1) is 5.69 Å². The summed E-state index contributed by atoms with van der Waals surface area (Å²) in [6.07, 6.45) is 0. The van der Waals surface area contributed by atoms with Gasteiger partial charge in [-0.1, -0.05) is 23.2 Å². The maximum absolute atomic E-state index is 11.8. The quantitative estimate of drug-likeness (QED) is 0.789. The third kappa shape index (κ3) is 2.60. The summed E-state index contributed by atoms with van der Waals surface area (Å²) in [5.74, 6) is -0.221. The van der Waals surface area contributed by atoms with Crippen LogP contribution >= 0.6 is 23.2 Å². The minimum Gasteiger partial charge on any atom is -0.433 e. The lowest BCUT2D eigenvalue weighted by Gasteiger charge is -2.08. The second-order valence-corrected chi connectivity index (χ2v) is 3.00. The second kappa shape index (κ2) is 3.98. The molecule has 0 aromatic heterocycles. The van der Waals surface area contributed by atoms with Crippen molar-refractivity contribution in [1.29, 1.82) is 0 Å². The molecule has 1 aromatic carbocycles. The van der Waals surface area contributed by atoms with E-state index in [-0.39, 0.29) is 21.5 Å². The number of nitrogens with two attached hydrogens (primary N) is 1. The van der Waals surface area contributed by atoms with E-state index in [1.165, 1.54) is 12.1 Å². The highest BCUT2D eigenvalue weighted by Crippen LogP contribution is 2.34. The molecule has 0 aliphatic heterocycles. The molecule has 0 radical (unpaired) electrons. The molecule has 1 aromatic rings. The first-order valence-corrected chi connectivity index (χ1v) is 3.95. The van der Waals surface area contributed by atoms with Crippen molar-refractivity contribution in [3.63, 3.8) is 0 Å². The SMILES string of the molecule is Nc1cc(Cl)cc(OC(F)F)c1Cl. The fraction of sp³-hybridized carbons (Fsp3) is 0.143. The number of hydrogen-bond acceptors (Lipinski definition) is 2. The third-order valence-electron chi connectivity index (χ3n) is 1.25. The number of ether oxygens (including phenoxy) is 1. The molecule has 0 saturated carbocycles. The van der Waals surface area contributed by atoms with E-state index in [0.717, 1.165) is 0 Å². The maximum Gasteiger partial charge on any atom is 0.387 e. The van der Waals surface area contributed by atoms with Crippen molar-refractivity contribution < 1.29 is 13.5 Å². The van der Waals surface area contributed by atoms with Crippen molar-refractivity contribution in [2.75, 3.05) is 5.73 Å². The number of hydrogen-bond donors (Lipinski definition) is 1. The van der Waals surface area contributed by atoms with Gasteiger partial charge in [0.15, 0.2) is 0 Å². The predicted octanol–water partition coefficient (Wildman–Crippen LogP) is 3.18. The number of rotatable bonds is 2. The lowest BCUT2D eigenvalue weighted by Crippen LogP contribution is -2.03. The minimum atomic E-state index is -2.95. The third-order valence-corrected chi connectivity index (χ3v) is 1.87. The molecular weight excluding hydrogens is 223 g/mol. The Morgan fingerprint density at radius 3 is 2.46 bits per heavy atom. The zero-order valence-electron chi connectivity index (χ0n) is 6.23. The molecule has 0 amide bonds. The van der Waals surface area contributed by atoms with Crippen LogP contribution in [0, 0.1) is 0 Å². The highest BCUT2D eigenvalue weighted by molar-refractivity contribution is 6.36. The zero-order valence-corrected chi connectivity index (χ0v) is 7.74. The van der Waals surface area contributed by atoms with Crippen LogP contribution in [0.4, 0.5) is 14.5 Å². The van der Waals surface area contributed by atoms with Gasteiger partial charge in [0.25, 0.3) is 0 Å². The molecule has 6 heteroatoms. The topological polar surface area (TPSA) is 35.2 Å². The van der Waals surface area contributed by atoms with E-state index in [1.54, 1.807) is 0 Å². The molecule has 0 atom stereocenters. The van der Waals surface area contributed by atoms with Gasteiger partial charge in [-0.3, -0.25) is 0 Å². The standard InChI is InChI=1S/C7H5Cl2F2NO/c8-3-1-4(12)6(9)5(2-3)13-7(10)11/h1-2,7H,12H2. The molecule has 0 saturated heterocycles. The highest BCUT2D eigenvalue weighted by atomic mass is 35.5. The molecule has 1 rings (SSSR count). The summed E-state index contributed by atoms with van der Waals surface area (Å²) >= 11 is 11.1. The fourth-order valence-electron chi connectivity index (χ4n) is 0.766. The summed E-state index contributed by atoms with van der Waals surface area (Å²) in [6.45, 7) is -2.95. The molecule has 0 fully saturated rings. The molecule has 0 aliphatic carbocycles. The molecule has 2 N–H and O–H groups in total. The number of anilines is 1. The number of nitrogen functional groups attached to an aromatic ring is 1.